The van der Waals surface area contributed by atoms with Crippen LogP contribution in [0, 0.1) is 0 Å². The normalized spacial score (nSPS) is 11.5. The molecule has 0 unspecified atom stereocenters. The van der Waals surface area contributed by atoms with Gasteiger partial charge >= 0.3 is 0 Å². The molecule has 138 valence electrons. The molecule has 1 atom stereocenters. The van der Waals surface area contributed by atoms with Gasteiger partial charge in [-0.2, -0.15) is 0 Å². The highest BCUT2D eigenvalue weighted by atomic mass is 16.5. The van der Waals surface area contributed by atoms with Crippen molar-refractivity contribution >= 4 is 17.5 Å². The Labute approximate surface area is 153 Å². The molecule has 2 rings (SSSR count). The van der Waals surface area contributed by atoms with Crippen molar-refractivity contribution < 1.29 is 14.3 Å². The smallest absolute Gasteiger partial charge is 0.236 e. The Balaban J connectivity index is 1.67. The fourth-order valence-corrected chi connectivity index (χ4v) is 2.22. The number of hydrogen-bond donors (Lipinski definition) is 3. The van der Waals surface area contributed by atoms with Gasteiger partial charge in [0.25, 0.3) is 0 Å². The molecule has 0 saturated carbocycles. The number of amides is 2. The van der Waals surface area contributed by atoms with E-state index in [0.29, 0.717) is 26.0 Å². The number of carbonyl (C=O) groups is 2. The van der Waals surface area contributed by atoms with Gasteiger partial charge in [0.15, 0.2) is 0 Å². The van der Waals surface area contributed by atoms with Crippen LogP contribution in [0.1, 0.15) is 25.3 Å². The van der Waals surface area contributed by atoms with Crippen molar-refractivity contribution in [2.24, 2.45) is 5.73 Å². The molecule has 0 radical (unpaired) electrons. The molecule has 4 N–H and O–H groups in total. The molecule has 0 spiro atoms. The number of rotatable bonds is 9. The van der Waals surface area contributed by atoms with Crippen molar-refractivity contribution in [1.82, 2.24) is 5.32 Å². The van der Waals surface area contributed by atoms with Gasteiger partial charge < -0.3 is 21.1 Å². The van der Waals surface area contributed by atoms with Crippen molar-refractivity contribution in [2.75, 3.05) is 11.9 Å². The van der Waals surface area contributed by atoms with Gasteiger partial charge in [-0.25, -0.2) is 0 Å². The zero-order valence-corrected chi connectivity index (χ0v) is 14.9. The molecule has 6 heteroatoms. The van der Waals surface area contributed by atoms with Crippen LogP contribution in [0.15, 0.2) is 54.6 Å². The third-order valence-electron chi connectivity index (χ3n) is 3.68. The maximum Gasteiger partial charge on any atom is 0.236 e. The molecule has 0 aliphatic rings. The van der Waals surface area contributed by atoms with Crippen LogP contribution in [0.3, 0.4) is 0 Å². The van der Waals surface area contributed by atoms with Crippen LogP contribution < -0.4 is 21.1 Å². The highest BCUT2D eigenvalue weighted by Crippen LogP contribution is 2.11. The van der Waals surface area contributed by atoms with Crippen molar-refractivity contribution in [3.63, 3.8) is 0 Å². The first-order valence-corrected chi connectivity index (χ1v) is 8.64. The maximum atomic E-state index is 12.0. The van der Waals surface area contributed by atoms with Crippen LogP contribution >= 0.6 is 0 Å². The average molecular weight is 355 g/mol. The second-order valence-corrected chi connectivity index (χ2v) is 6.02. The van der Waals surface area contributed by atoms with Gasteiger partial charge in [-0.15, -0.1) is 0 Å². The number of benzene rings is 2. The number of para-hydroxylation sites is 1. The molecular weight excluding hydrogens is 330 g/mol. The minimum atomic E-state index is -0.528. The Hall–Kier alpha value is -2.86. The molecule has 26 heavy (non-hydrogen) atoms. The third-order valence-corrected chi connectivity index (χ3v) is 3.68. The molecule has 2 amide bonds. The summed E-state index contributed by atoms with van der Waals surface area (Å²) in [5.74, 6) is 0.555. The van der Waals surface area contributed by atoms with Crippen LogP contribution in [0.25, 0.3) is 0 Å². The number of anilines is 1. The molecule has 0 heterocycles. The summed E-state index contributed by atoms with van der Waals surface area (Å²) in [5.41, 5.74) is 7.16. The number of hydrogen-bond acceptors (Lipinski definition) is 4. The van der Waals surface area contributed by atoms with Crippen molar-refractivity contribution in [3.8, 4) is 5.75 Å². The summed E-state index contributed by atoms with van der Waals surface area (Å²) in [6.07, 6.45) is 1.03. The summed E-state index contributed by atoms with van der Waals surface area (Å²) in [4.78, 5) is 23.4. The Kier molecular flexibility index (Phi) is 7.64. The molecule has 2 aromatic rings. The summed E-state index contributed by atoms with van der Waals surface area (Å²) in [7, 11) is 0. The zero-order chi connectivity index (χ0) is 18.8. The topological polar surface area (TPSA) is 93.5 Å². The Morgan fingerprint density at radius 1 is 1.08 bits per heavy atom. The fraction of sp³-hybridized carbons (Fsp3) is 0.300. The highest BCUT2D eigenvalue weighted by molar-refractivity contribution is 5.90. The zero-order valence-electron chi connectivity index (χ0n) is 14.9. The number of nitrogens with two attached hydrogens (primary N) is 1. The molecule has 2 aromatic carbocycles. The van der Waals surface area contributed by atoms with Crippen LogP contribution in [0.5, 0.6) is 5.75 Å². The fourth-order valence-electron chi connectivity index (χ4n) is 2.22. The third kappa shape index (κ3) is 6.94. The second-order valence-electron chi connectivity index (χ2n) is 6.02. The molecule has 0 aliphatic heterocycles. The summed E-state index contributed by atoms with van der Waals surface area (Å²) < 4.78 is 5.56. The quantitative estimate of drug-likeness (QED) is 0.602. The lowest BCUT2D eigenvalue weighted by molar-refractivity contribution is -0.122. The van der Waals surface area contributed by atoms with E-state index < -0.39 is 6.04 Å². The molecule has 0 bridgehead atoms. The number of nitrogens with one attached hydrogen (secondary N) is 2. The molecule has 6 nitrogen and oxygen atoms in total. The number of ether oxygens (including phenoxy) is 1. The Bertz CT molecular complexity index is 700. The van der Waals surface area contributed by atoms with E-state index in [0.717, 1.165) is 17.0 Å². The summed E-state index contributed by atoms with van der Waals surface area (Å²) in [5, 5.41) is 5.59. The van der Waals surface area contributed by atoms with Crippen LogP contribution in [0.2, 0.25) is 0 Å². The van der Waals surface area contributed by atoms with E-state index in [4.69, 9.17) is 10.5 Å². The first kappa shape index (κ1) is 19.5. The Morgan fingerprint density at radius 3 is 2.42 bits per heavy atom. The SMILES string of the molecule is C[C@H](N)C(=O)NCc1ccc(NC(=O)CCCOc2ccccc2)cc1. The monoisotopic (exact) mass is 355 g/mol. The van der Waals surface area contributed by atoms with Gasteiger partial charge in [0.2, 0.25) is 11.8 Å². The first-order chi connectivity index (χ1) is 12.5. The summed E-state index contributed by atoms with van der Waals surface area (Å²) in [6, 6.07) is 16.3. The van der Waals surface area contributed by atoms with E-state index in [2.05, 4.69) is 10.6 Å². The Morgan fingerprint density at radius 2 is 1.77 bits per heavy atom. The van der Waals surface area contributed by atoms with Gasteiger partial charge in [0, 0.05) is 18.7 Å². The highest BCUT2D eigenvalue weighted by Gasteiger charge is 2.07. The van der Waals surface area contributed by atoms with Gasteiger partial charge in [-0.3, -0.25) is 9.59 Å². The molecule has 0 fully saturated rings. The van der Waals surface area contributed by atoms with E-state index in [9.17, 15) is 9.59 Å². The van der Waals surface area contributed by atoms with E-state index in [1.165, 1.54) is 0 Å². The van der Waals surface area contributed by atoms with Crippen molar-refractivity contribution in [1.29, 1.82) is 0 Å². The lowest BCUT2D eigenvalue weighted by Gasteiger charge is -2.09. The van der Waals surface area contributed by atoms with Gasteiger partial charge in [0.05, 0.1) is 12.6 Å². The lowest BCUT2D eigenvalue weighted by atomic mass is 10.2. The van der Waals surface area contributed by atoms with E-state index in [1.807, 2.05) is 54.6 Å². The first-order valence-electron chi connectivity index (χ1n) is 8.64. The van der Waals surface area contributed by atoms with Crippen LogP contribution in [0.4, 0.5) is 5.69 Å². The van der Waals surface area contributed by atoms with Crippen LogP contribution in [-0.2, 0) is 16.1 Å². The predicted molar refractivity (Wildman–Crippen MR) is 102 cm³/mol. The minimum Gasteiger partial charge on any atom is -0.494 e. The average Bonchev–Trinajstić information content (AvgIpc) is 2.65. The lowest BCUT2D eigenvalue weighted by Crippen LogP contribution is -2.37. The second kappa shape index (κ2) is 10.2. The predicted octanol–water partition coefficient (Wildman–Crippen LogP) is 2.45. The van der Waals surface area contributed by atoms with E-state index in [1.54, 1.807) is 6.92 Å². The molecular formula is C20H25N3O3. The van der Waals surface area contributed by atoms with Gasteiger partial charge in [-0.05, 0) is 43.2 Å². The summed E-state index contributed by atoms with van der Waals surface area (Å²) >= 11 is 0. The maximum absolute atomic E-state index is 12.0. The van der Waals surface area contributed by atoms with Crippen LogP contribution in [-0.4, -0.2) is 24.5 Å². The molecule has 0 saturated heterocycles. The van der Waals surface area contributed by atoms with Crippen molar-refractivity contribution in [2.45, 2.75) is 32.4 Å². The van der Waals surface area contributed by atoms with E-state index in [-0.39, 0.29) is 11.8 Å². The van der Waals surface area contributed by atoms with Gasteiger partial charge in [-0.1, -0.05) is 30.3 Å². The standard InChI is InChI=1S/C20H25N3O3/c1-15(21)20(25)22-14-16-9-11-17(12-10-16)23-19(24)8-5-13-26-18-6-3-2-4-7-18/h2-4,6-7,9-12,15H,5,8,13-14,21H2,1H3,(H,22,25)(H,23,24)/t15-/m0/s1. The minimum absolute atomic E-state index is 0.0559. The van der Waals surface area contributed by atoms with Crippen molar-refractivity contribution in [3.05, 3.63) is 60.2 Å². The largest absolute Gasteiger partial charge is 0.494 e. The summed E-state index contributed by atoms with van der Waals surface area (Å²) in [6.45, 7) is 2.54. The molecule has 0 aliphatic carbocycles. The molecule has 0 aromatic heterocycles. The number of carbonyl (C=O) groups excluding carboxylic acids is 2. The van der Waals surface area contributed by atoms with E-state index >= 15 is 0 Å². The van der Waals surface area contributed by atoms with Gasteiger partial charge in [0.1, 0.15) is 5.75 Å².